The largest absolute Gasteiger partial charge is 0.478 e. The van der Waals surface area contributed by atoms with Crippen molar-refractivity contribution in [3.63, 3.8) is 0 Å². The van der Waals surface area contributed by atoms with Crippen LogP contribution in [0.15, 0.2) is 189 Å². The van der Waals surface area contributed by atoms with Crippen molar-refractivity contribution in [2.24, 2.45) is 23.6 Å². The molecule has 12 rings (SSSR count). The van der Waals surface area contributed by atoms with Crippen LogP contribution in [0.25, 0.3) is 0 Å². The predicted molar refractivity (Wildman–Crippen MR) is 416 cm³/mol. The Labute approximate surface area is 631 Å². The normalized spacial score (nSPS) is 13.5. The van der Waals surface area contributed by atoms with Crippen molar-refractivity contribution in [1.29, 1.82) is 0 Å². The zero-order valence-corrected chi connectivity index (χ0v) is 62.4. The summed E-state index contributed by atoms with van der Waals surface area (Å²) >= 11 is 20.0. The first-order valence-corrected chi connectivity index (χ1v) is 36.1. The van der Waals surface area contributed by atoms with Crippen LogP contribution in [0.3, 0.4) is 0 Å². The molecule has 4 fully saturated rings. The van der Waals surface area contributed by atoms with E-state index in [0.717, 1.165) is 249 Å². The Morgan fingerprint density at radius 3 is 0.718 bits per heavy atom. The van der Waals surface area contributed by atoms with Gasteiger partial charge in [0.1, 0.15) is 23.0 Å². The molecule has 0 aromatic heterocycles. The minimum Gasteiger partial charge on any atom is -0.478 e. The van der Waals surface area contributed by atoms with Crippen LogP contribution in [0, 0.1) is 0 Å². The zero-order chi connectivity index (χ0) is 70.6. The maximum atomic E-state index is 11.5. The summed E-state index contributed by atoms with van der Waals surface area (Å²) in [7, 11) is 0. The molecule has 8 aromatic rings. The molecule has 0 atom stereocenters. The second kappa shape index (κ2) is 44.5. The first kappa shape index (κ1) is 84.6. The van der Waals surface area contributed by atoms with Crippen LogP contribution in [0.2, 0.25) is 0 Å². The van der Waals surface area contributed by atoms with Gasteiger partial charge in [-0.05, 0) is 186 Å². The molecule has 25 nitrogen and oxygen atoms in total. The molecule has 0 bridgehead atoms. The maximum Gasteiger partial charge on any atom is 0.335 e. The number of nitrogens with zero attached hydrogens (tertiary/aromatic N) is 4. The Hall–Kier alpha value is -7.30. The van der Waals surface area contributed by atoms with Gasteiger partial charge in [0.05, 0.1) is 96.1 Å². The number of carboxylic acids is 1. The Balaban J connectivity index is 0.000000214. The third kappa shape index (κ3) is 24.9. The molecule has 0 unspecified atom stereocenters. The number of para-hydroxylation sites is 4. The van der Waals surface area contributed by atoms with Crippen LogP contribution in [0.1, 0.15) is 99.2 Å². The van der Waals surface area contributed by atoms with Crippen molar-refractivity contribution in [3.05, 3.63) is 192 Å². The molecular formula is C71H84N8O17S7. The smallest absolute Gasteiger partial charge is 0.335 e. The summed E-state index contributed by atoms with van der Waals surface area (Å²) in [5.74, 6) is 24.5. The predicted octanol–water partition coefficient (Wildman–Crippen LogP) is 15.1. The van der Waals surface area contributed by atoms with E-state index in [-0.39, 0.29) is 22.0 Å². The second-order valence-electron chi connectivity index (χ2n) is 22.7. The Bertz CT molecular complexity index is 3460. The fraction of sp³-hybridized carbons (Fsp3) is 0.268. The van der Waals surface area contributed by atoms with Gasteiger partial charge < -0.3 is 60.1 Å². The topological polar surface area (TPSA) is 360 Å². The summed E-state index contributed by atoms with van der Waals surface area (Å²) < 4.78 is 44.1. The average Bonchev–Trinajstić information content (AvgIpc) is 1.70. The van der Waals surface area contributed by atoms with E-state index in [1.165, 1.54) is 6.07 Å². The molecule has 15 N–H and O–H groups in total. The van der Waals surface area contributed by atoms with E-state index in [9.17, 15) is 9.90 Å². The van der Waals surface area contributed by atoms with Crippen LogP contribution in [-0.4, -0.2) is 94.5 Å². The third-order valence-electron chi connectivity index (χ3n) is 15.9. The van der Waals surface area contributed by atoms with Gasteiger partial charge in [0.2, 0.25) is 0 Å². The molecule has 552 valence electrons. The van der Waals surface area contributed by atoms with E-state index in [4.69, 9.17) is 96.5 Å². The minimum atomic E-state index is -1.03. The van der Waals surface area contributed by atoms with Crippen molar-refractivity contribution < 1.29 is 82.6 Å². The fourth-order valence-electron chi connectivity index (χ4n) is 11.2. The van der Waals surface area contributed by atoms with E-state index >= 15 is 0 Å². The fourth-order valence-corrected chi connectivity index (χ4v) is 13.6. The molecule has 4 saturated heterocycles. The highest BCUT2D eigenvalue weighted by Gasteiger charge is 2.28. The molecule has 0 spiro atoms. The molecule has 8 aromatic carbocycles. The molecule has 0 aliphatic carbocycles. The van der Waals surface area contributed by atoms with E-state index in [2.05, 4.69) is 57.8 Å². The van der Waals surface area contributed by atoms with E-state index < -0.39 is 5.97 Å². The van der Waals surface area contributed by atoms with Crippen LogP contribution >= 0.6 is 84.8 Å². The molecule has 32 heteroatoms. The number of benzene rings is 8. The first-order valence-electron chi connectivity index (χ1n) is 32.0. The van der Waals surface area contributed by atoms with Gasteiger partial charge in [0, 0.05) is 67.0 Å². The molecule has 0 saturated carbocycles. The number of anilines is 4. The van der Waals surface area contributed by atoms with Crippen molar-refractivity contribution in [2.75, 3.05) is 72.0 Å². The number of hydrogen-bond acceptors (Lipinski definition) is 28. The van der Waals surface area contributed by atoms with Crippen molar-refractivity contribution in [1.82, 2.24) is 0 Å². The molecule has 4 aliphatic rings. The monoisotopic (exact) mass is 1540 g/mol. The third-order valence-corrected chi connectivity index (χ3v) is 19.1. The number of aromatic carboxylic acids is 1. The van der Waals surface area contributed by atoms with Gasteiger partial charge in [-0.25, -0.2) is 4.79 Å². The summed E-state index contributed by atoms with van der Waals surface area (Å²) in [5.41, 5.74) is 6.75. The van der Waals surface area contributed by atoms with Crippen molar-refractivity contribution in [2.45, 2.75) is 91.7 Å². The Morgan fingerprint density at radius 2 is 0.534 bits per heavy atom. The molecule has 4 heterocycles. The highest BCUT2D eigenvalue weighted by Crippen LogP contribution is 2.48. The highest BCUT2D eigenvalue weighted by molar-refractivity contribution is 7.95. The lowest BCUT2D eigenvalue weighted by Crippen LogP contribution is -2.19. The SMILES string of the molecule is CC(=S)c1cc(SOON)c(Oc2ccccc2)c(N2CCCC2)c1.CC(=S)c1cc(SOON)c(Oc2ccccc2)c(N2CCCC2)c1.CC(=S)c1cc(SOON)c(Oc2ccccc2)c(N2CCCC2)c1.NOOSc1cc(C(=O)O)cc(N2CCCC2)c1Oc1ccccc1.O.O.O. The molecule has 103 heavy (non-hydrogen) atoms. The highest BCUT2D eigenvalue weighted by atomic mass is 32.2. The molecular weight excluding hydrogens is 1460 g/mol. The lowest BCUT2D eigenvalue weighted by molar-refractivity contribution is -0.195. The molecule has 0 amide bonds. The average molecular weight is 1550 g/mol. The van der Waals surface area contributed by atoms with Crippen LogP contribution < -0.4 is 62.1 Å². The second-order valence-corrected chi connectivity index (χ2v) is 27.5. The van der Waals surface area contributed by atoms with E-state index in [0.29, 0.717) is 22.1 Å². The number of hydrogen-bond donors (Lipinski definition) is 5. The van der Waals surface area contributed by atoms with Crippen molar-refractivity contribution >= 4 is 128 Å². The first-order chi connectivity index (χ1) is 48.7. The standard InChI is InChI=1S/3C18H20N2O3S2.C17H18N2O5S.3H2O/c3*1-13(24)14-11-16(20-9-5-6-10-20)18(17(12-14)25-23-22-19)21-15-7-3-2-4-8-15;18-23-24-25-15-11-12(17(20)21)10-14(19-8-4-5-9-19)16(15)22-13-6-2-1-3-7-13;;;/h3*2-4,7-8,11-12H,5-6,9-10,19H2,1H3;1-3,6-7,10-11H,4-5,8-9,18H2,(H,20,21);3*1H2. The van der Waals surface area contributed by atoms with Gasteiger partial charge in [0.25, 0.3) is 0 Å². The minimum absolute atomic E-state index is 0. The van der Waals surface area contributed by atoms with Gasteiger partial charge in [-0.2, -0.15) is 23.6 Å². The zero-order valence-electron chi connectivity index (χ0n) is 56.7. The summed E-state index contributed by atoms with van der Waals surface area (Å²) in [6, 6.07) is 53.4. The van der Waals surface area contributed by atoms with Crippen LogP contribution in [0.4, 0.5) is 22.7 Å². The van der Waals surface area contributed by atoms with Crippen LogP contribution in [0.5, 0.6) is 46.0 Å². The van der Waals surface area contributed by atoms with Gasteiger partial charge in [0.15, 0.2) is 23.0 Å². The van der Waals surface area contributed by atoms with E-state index in [1.54, 1.807) is 6.07 Å². The number of carbonyl (C=O) groups is 1. The van der Waals surface area contributed by atoms with Crippen LogP contribution in [-0.2, 0) is 37.3 Å². The lowest BCUT2D eigenvalue weighted by Gasteiger charge is -2.24. The number of rotatable bonds is 28. The summed E-state index contributed by atoms with van der Waals surface area (Å²) in [6.45, 7) is 13.3. The molecule has 4 aliphatic heterocycles. The van der Waals surface area contributed by atoms with Gasteiger partial charge in [-0.3, -0.25) is 0 Å². The van der Waals surface area contributed by atoms with Crippen molar-refractivity contribution in [3.8, 4) is 46.0 Å². The molecule has 0 radical (unpaired) electrons. The Morgan fingerprint density at radius 1 is 0.340 bits per heavy atom. The van der Waals surface area contributed by atoms with Gasteiger partial charge in [-0.1, -0.05) is 109 Å². The van der Waals surface area contributed by atoms with E-state index in [1.807, 2.05) is 160 Å². The number of nitrogens with two attached hydrogens (primary N) is 4. The number of carboxylic acid groups (broad SMARTS) is 1. The maximum absolute atomic E-state index is 11.5. The quantitative estimate of drug-likeness (QED) is 0.00999. The van der Waals surface area contributed by atoms with Gasteiger partial charge in [-0.15, -0.1) is 37.3 Å². The number of ether oxygens (including phenoxy) is 4. The number of thiocarbonyl (C=S) groups is 3. The Kier molecular flexibility index (Phi) is 36.6. The summed E-state index contributed by atoms with van der Waals surface area (Å²) in [6.07, 6.45) is 9.08. The lowest BCUT2D eigenvalue weighted by atomic mass is 10.1. The summed E-state index contributed by atoms with van der Waals surface area (Å²) in [5, 5.41) is 9.42. The van der Waals surface area contributed by atoms with Gasteiger partial charge >= 0.3 is 5.97 Å². The summed E-state index contributed by atoms with van der Waals surface area (Å²) in [4.78, 5) is 42.7.